The minimum Gasteiger partial charge on any atom is -0.348 e. The molecule has 1 aromatic rings. The van der Waals surface area contributed by atoms with Crippen LogP contribution in [-0.2, 0) is 0 Å². The summed E-state index contributed by atoms with van der Waals surface area (Å²) >= 11 is 0. The number of alkyl halides is 3. The molecule has 23 heavy (non-hydrogen) atoms. The summed E-state index contributed by atoms with van der Waals surface area (Å²) in [7, 11) is 0. The number of nitrogens with zero attached hydrogens (tertiary/aromatic N) is 1. The lowest BCUT2D eigenvalue weighted by atomic mass is 10.1. The van der Waals surface area contributed by atoms with Crippen LogP contribution in [0.5, 0.6) is 0 Å². The van der Waals surface area contributed by atoms with Crippen molar-refractivity contribution in [1.29, 1.82) is 0 Å². The van der Waals surface area contributed by atoms with Crippen molar-refractivity contribution in [3.05, 3.63) is 34.9 Å². The molecule has 3 nitrogen and oxygen atoms in total. The molecule has 128 valence electrons. The molecule has 2 rings (SSSR count). The van der Waals surface area contributed by atoms with Crippen LogP contribution in [0.2, 0.25) is 0 Å². The Balaban J connectivity index is 2.04. The number of hydrogen-bond donors (Lipinski definition) is 1. The smallest absolute Gasteiger partial charge is 0.348 e. The summed E-state index contributed by atoms with van der Waals surface area (Å²) in [6.45, 7) is -1.24. The van der Waals surface area contributed by atoms with Gasteiger partial charge in [-0.05, 0) is 12.5 Å². The largest absolute Gasteiger partial charge is 0.401 e. The summed E-state index contributed by atoms with van der Waals surface area (Å²) in [5, 5.41) is 2.18. The van der Waals surface area contributed by atoms with E-state index in [0.29, 0.717) is 0 Å². The lowest BCUT2D eigenvalue weighted by molar-refractivity contribution is -0.143. The van der Waals surface area contributed by atoms with Crippen LogP contribution in [0.1, 0.15) is 16.8 Å². The predicted molar refractivity (Wildman–Crippen MR) is 64.6 cm³/mol. The first-order valence-corrected chi connectivity index (χ1v) is 6.51. The monoisotopic (exact) mass is 344 g/mol. The Morgan fingerprint density at radius 3 is 2.43 bits per heavy atom. The van der Waals surface area contributed by atoms with E-state index < -0.39 is 53.5 Å². The van der Waals surface area contributed by atoms with Gasteiger partial charge in [0.25, 0.3) is 5.91 Å². The highest BCUT2D eigenvalue weighted by atomic mass is 19.4. The van der Waals surface area contributed by atoms with Gasteiger partial charge in [0.1, 0.15) is 0 Å². The maximum Gasteiger partial charge on any atom is 0.401 e. The van der Waals surface area contributed by atoms with Crippen molar-refractivity contribution in [3.8, 4) is 0 Å². The molecule has 0 aliphatic carbocycles. The van der Waals surface area contributed by atoms with Gasteiger partial charge in [-0.3, -0.25) is 9.69 Å². The standard InChI is InChI=1S/C13H11F7N2O/c14-8-3-7(9(15)11(17)10(8)16)12(23)21-6-1-2-22(4-6)5-13(18,19)20/h3,6H,1-2,4-5H2,(H,21,23). The highest BCUT2D eigenvalue weighted by molar-refractivity contribution is 5.94. The van der Waals surface area contributed by atoms with Crippen LogP contribution >= 0.6 is 0 Å². The molecule has 0 radical (unpaired) electrons. The Hall–Kier alpha value is -1.84. The average molecular weight is 344 g/mol. The highest BCUT2D eigenvalue weighted by Gasteiger charge is 2.35. The molecular weight excluding hydrogens is 333 g/mol. The number of halogens is 7. The van der Waals surface area contributed by atoms with Gasteiger partial charge < -0.3 is 5.32 Å². The molecule has 1 aliphatic heterocycles. The molecule has 0 spiro atoms. The topological polar surface area (TPSA) is 32.3 Å². The van der Waals surface area contributed by atoms with Crippen molar-refractivity contribution in [3.63, 3.8) is 0 Å². The maximum atomic E-state index is 13.5. The van der Waals surface area contributed by atoms with E-state index in [1.165, 1.54) is 0 Å². The first-order valence-electron chi connectivity index (χ1n) is 6.51. The molecule has 1 aliphatic rings. The van der Waals surface area contributed by atoms with Crippen molar-refractivity contribution < 1.29 is 35.5 Å². The van der Waals surface area contributed by atoms with E-state index in [-0.39, 0.29) is 25.6 Å². The lowest BCUT2D eigenvalue weighted by Crippen LogP contribution is -2.39. The lowest BCUT2D eigenvalue weighted by Gasteiger charge is -2.18. The fourth-order valence-corrected chi connectivity index (χ4v) is 2.35. The van der Waals surface area contributed by atoms with E-state index in [4.69, 9.17) is 0 Å². The molecule has 0 saturated carbocycles. The number of carbonyl (C=O) groups is 1. The van der Waals surface area contributed by atoms with Crippen LogP contribution in [0.25, 0.3) is 0 Å². The van der Waals surface area contributed by atoms with Gasteiger partial charge in [-0.25, -0.2) is 17.6 Å². The summed E-state index contributed by atoms with van der Waals surface area (Å²) in [5.41, 5.74) is -1.05. The van der Waals surface area contributed by atoms with Crippen LogP contribution in [0, 0.1) is 23.3 Å². The number of benzene rings is 1. The fourth-order valence-electron chi connectivity index (χ4n) is 2.35. The number of amides is 1. The second-order valence-electron chi connectivity index (χ2n) is 5.16. The quantitative estimate of drug-likeness (QED) is 0.519. The van der Waals surface area contributed by atoms with Crippen molar-refractivity contribution in [2.45, 2.75) is 18.6 Å². The summed E-state index contributed by atoms with van der Waals surface area (Å²) in [5.74, 6) is -8.98. The third kappa shape index (κ3) is 4.12. The van der Waals surface area contributed by atoms with E-state index in [2.05, 4.69) is 5.32 Å². The molecule has 1 amide bonds. The zero-order valence-electron chi connectivity index (χ0n) is 11.5. The predicted octanol–water partition coefficient (Wildman–Crippen LogP) is 2.61. The van der Waals surface area contributed by atoms with Crippen LogP contribution < -0.4 is 5.32 Å². The van der Waals surface area contributed by atoms with Gasteiger partial charge >= 0.3 is 6.18 Å². The van der Waals surface area contributed by atoms with E-state index in [0.717, 1.165) is 4.90 Å². The summed E-state index contributed by atoms with van der Waals surface area (Å²) in [4.78, 5) is 12.8. The summed E-state index contributed by atoms with van der Waals surface area (Å²) in [6, 6.07) is -0.536. The number of hydrogen-bond acceptors (Lipinski definition) is 2. The normalized spacial score (nSPS) is 19.2. The fraction of sp³-hybridized carbons (Fsp3) is 0.462. The molecule has 10 heteroatoms. The molecule has 1 saturated heterocycles. The molecule has 1 heterocycles. The Kier molecular flexibility index (Phi) is 4.83. The van der Waals surface area contributed by atoms with Gasteiger partial charge in [-0.15, -0.1) is 0 Å². The Bertz CT molecular complexity index is 617. The summed E-state index contributed by atoms with van der Waals surface area (Å²) < 4.78 is 89.1. The molecular formula is C13H11F7N2O. The Morgan fingerprint density at radius 1 is 1.17 bits per heavy atom. The summed E-state index contributed by atoms with van der Waals surface area (Å²) in [6.07, 6.45) is -4.23. The Morgan fingerprint density at radius 2 is 1.83 bits per heavy atom. The Labute approximate surface area is 126 Å². The van der Waals surface area contributed by atoms with Crippen molar-refractivity contribution in [2.75, 3.05) is 19.6 Å². The molecule has 0 bridgehead atoms. The van der Waals surface area contributed by atoms with Crippen LogP contribution in [0.3, 0.4) is 0 Å². The van der Waals surface area contributed by atoms with E-state index in [1.54, 1.807) is 0 Å². The van der Waals surface area contributed by atoms with Crippen molar-refractivity contribution >= 4 is 5.91 Å². The van der Waals surface area contributed by atoms with E-state index in [1.807, 2.05) is 0 Å². The third-order valence-electron chi connectivity index (χ3n) is 3.36. The van der Waals surface area contributed by atoms with Gasteiger partial charge in [0.2, 0.25) is 0 Å². The molecule has 0 aromatic heterocycles. The van der Waals surface area contributed by atoms with Gasteiger partial charge in [0.05, 0.1) is 12.1 Å². The highest BCUT2D eigenvalue weighted by Crippen LogP contribution is 2.21. The minimum atomic E-state index is -4.39. The first-order chi connectivity index (χ1) is 10.6. The zero-order valence-corrected chi connectivity index (χ0v) is 11.5. The van der Waals surface area contributed by atoms with Crippen molar-refractivity contribution in [1.82, 2.24) is 10.2 Å². The van der Waals surface area contributed by atoms with Crippen LogP contribution in [-0.4, -0.2) is 42.7 Å². The SMILES string of the molecule is O=C(NC1CCN(CC(F)(F)F)C1)c1cc(F)c(F)c(F)c1F. The molecule has 1 unspecified atom stereocenters. The third-order valence-corrected chi connectivity index (χ3v) is 3.36. The minimum absolute atomic E-state index is 0.0546. The molecule has 1 aromatic carbocycles. The first kappa shape index (κ1) is 17.5. The van der Waals surface area contributed by atoms with Gasteiger partial charge in [0, 0.05) is 19.1 Å². The zero-order chi connectivity index (χ0) is 17.4. The van der Waals surface area contributed by atoms with Gasteiger partial charge in [-0.2, -0.15) is 13.2 Å². The van der Waals surface area contributed by atoms with E-state index in [9.17, 15) is 35.5 Å². The van der Waals surface area contributed by atoms with Gasteiger partial charge in [-0.1, -0.05) is 0 Å². The van der Waals surface area contributed by atoms with Crippen LogP contribution in [0.4, 0.5) is 30.7 Å². The van der Waals surface area contributed by atoms with Gasteiger partial charge in [0.15, 0.2) is 23.3 Å². The number of carbonyl (C=O) groups excluding carboxylic acids is 1. The van der Waals surface area contributed by atoms with Crippen LogP contribution in [0.15, 0.2) is 6.07 Å². The number of nitrogens with one attached hydrogen (secondary N) is 1. The molecule has 1 N–H and O–H groups in total. The maximum absolute atomic E-state index is 13.5. The van der Waals surface area contributed by atoms with E-state index >= 15 is 0 Å². The molecule has 1 fully saturated rings. The second-order valence-corrected chi connectivity index (χ2v) is 5.16. The average Bonchev–Trinajstić information content (AvgIpc) is 2.85. The number of rotatable bonds is 3. The number of likely N-dealkylation sites (tertiary alicyclic amines) is 1. The second kappa shape index (κ2) is 6.34. The molecule has 1 atom stereocenters. The van der Waals surface area contributed by atoms with Crippen molar-refractivity contribution in [2.24, 2.45) is 0 Å².